The maximum atomic E-state index is 11.4. The third kappa shape index (κ3) is 2.30. The number of sulfone groups is 1. The van der Waals surface area contributed by atoms with Crippen LogP contribution in [0.3, 0.4) is 0 Å². The second-order valence-corrected chi connectivity index (χ2v) is 5.33. The molecule has 0 radical (unpaired) electrons. The molecule has 0 fully saturated rings. The topological polar surface area (TPSA) is 55.7 Å². The Hall–Kier alpha value is -1.62. The molecule has 0 saturated carbocycles. The zero-order valence-corrected chi connectivity index (χ0v) is 9.57. The number of aryl methyl sites for hydroxylation is 1. The lowest BCUT2D eigenvalue weighted by Gasteiger charge is -2.06. The van der Waals surface area contributed by atoms with E-state index in [2.05, 4.69) is 4.99 Å². The van der Waals surface area contributed by atoms with Crippen LogP contribution in [-0.2, 0) is 9.84 Å². The summed E-state index contributed by atoms with van der Waals surface area (Å²) in [6.07, 6.45) is 1.31. The number of benzene rings is 1. The Morgan fingerprint density at radius 3 is 2.81 bits per heavy atom. The first-order valence-electron chi connectivity index (χ1n) is 4.75. The van der Waals surface area contributed by atoms with Crippen LogP contribution in [0.15, 0.2) is 40.4 Å². The number of nitrogens with zero attached hydrogens (tertiary/aromatic N) is 1. The molecule has 0 bridgehead atoms. The van der Waals surface area contributed by atoms with Crippen molar-refractivity contribution in [2.45, 2.75) is 6.92 Å². The van der Waals surface area contributed by atoms with E-state index in [1.54, 1.807) is 6.07 Å². The highest BCUT2D eigenvalue weighted by atomic mass is 32.2. The average Bonchev–Trinajstić information content (AvgIpc) is 2.55. The Morgan fingerprint density at radius 1 is 1.38 bits per heavy atom. The standard InChI is InChI=1S/C11H11NO3S/c1-9-3-2-4-10(5-9)15-7-11-6-12-8-16(11,13)14/h2-6,8H,7H2,1H3. The molecule has 1 aliphatic rings. The zero-order chi connectivity index (χ0) is 11.6. The second kappa shape index (κ2) is 4.09. The van der Waals surface area contributed by atoms with Crippen LogP contribution in [0.2, 0.25) is 0 Å². The van der Waals surface area contributed by atoms with E-state index in [0.29, 0.717) is 5.75 Å². The molecular weight excluding hydrogens is 226 g/mol. The zero-order valence-electron chi connectivity index (χ0n) is 8.75. The lowest BCUT2D eigenvalue weighted by molar-refractivity contribution is 0.358. The van der Waals surface area contributed by atoms with Gasteiger partial charge in [-0.3, -0.25) is 4.99 Å². The van der Waals surface area contributed by atoms with Crippen molar-refractivity contribution in [3.05, 3.63) is 40.9 Å². The van der Waals surface area contributed by atoms with Crippen LogP contribution >= 0.6 is 0 Å². The van der Waals surface area contributed by atoms with Crippen molar-refractivity contribution >= 4 is 15.4 Å². The summed E-state index contributed by atoms with van der Waals surface area (Å²) in [5.41, 5.74) is 2.00. The van der Waals surface area contributed by atoms with E-state index in [-0.39, 0.29) is 11.5 Å². The third-order valence-electron chi connectivity index (χ3n) is 2.15. The summed E-state index contributed by atoms with van der Waals surface area (Å²) in [6, 6.07) is 7.44. The van der Waals surface area contributed by atoms with E-state index in [1.165, 1.54) is 6.20 Å². The van der Waals surface area contributed by atoms with Gasteiger partial charge in [0.2, 0.25) is 9.84 Å². The minimum absolute atomic E-state index is 0.0196. The molecule has 1 aromatic carbocycles. The van der Waals surface area contributed by atoms with Crippen molar-refractivity contribution in [1.29, 1.82) is 0 Å². The molecule has 5 heteroatoms. The van der Waals surface area contributed by atoms with E-state index < -0.39 is 9.84 Å². The van der Waals surface area contributed by atoms with Gasteiger partial charge in [0.25, 0.3) is 0 Å². The van der Waals surface area contributed by atoms with Gasteiger partial charge in [-0.15, -0.1) is 0 Å². The maximum absolute atomic E-state index is 11.4. The molecule has 0 amide bonds. The van der Waals surface area contributed by atoms with Gasteiger partial charge >= 0.3 is 0 Å². The fourth-order valence-corrected chi connectivity index (χ4v) is 2.10. The maximum Gasteiger partial charge on any atom is 0.217 e. The molecule has 4 nitrogen and oxygen atoms in total. The highest BCUT2D eigenvalue weighted by molar-refractivity contribution is 8.08. The highest BCUT2D eigenvalue weighted by Gasteiger charge is 2.19. The number of aliphatic imine (C=N–C) groups is 1. The summed E-state index contributed by atoms with van der Waals surface area (Å²) < 4.78 is 28.1. The Kier molecular flexibility index (Phi) is 2.78. The molecule has 0 unspecified atom stereocenters. The van der Waals surface area contributed by atoms with Gasteiger partial charge in [0.1, 0.15) is 22.8 Å². The van der Waals surface area contributed by atoms with Crippen molar-refractivity contribution in [3.8, 4) is 5.75 Å². The summed E-state index contributed by atoms with van der Waals surface area (Å²) in [5, 5.41) is 0. The van der Waals surface area contributed by atoms with Gasteiger partial charge in [-0.25, -0.2) is 8.42 Å². The predicted octanol–water partition coefficient (Wildman–Crippen LogP) is 1.67. The molecular formula is C11H11NO3S. The fourth-order valence-electron chi connectivity index (χ4n) is 1.31. The summed E-state index contributed by atoms with van der Waals surface area (Å²) >= 11 is 0. The van der Waals surface area contributed by atoms with Gasteiger partial charge in [0, 0.05) is 6.20 Å². The fraction of sp³-hybridized carbons (Fsp3) is 0.182. The van der Waals surface area contributed by atoms with Crippen molar-refractivity contribution in [1.82, 2.24) is 0 Å². The van der Waals surface area contributed by atoms with Crippen LogP contribution in [0.25, 0.3) is 0 Å². The van der Waals surface area contributed by atoms with Crippen molar-refractivity contribution < 1.29 is 13.2 Å². The number of hydrogen-bond acceptors (Lipinski definition) is 4. The lowest BCUT2D eigenvalue weighted by atomic mass is 10.2. The van der Waals surface area contributed by atoms with Crippen molar-refractivity contribution in [2.24, 2.45) is 4.99 Å². The monoisotopic (exact) mass is 237 g/mol. The Balaban J connectivity index is 2.04. The Bertz CT molecular complexity index is 558. The van der Waals surface area contributed by atoms with E-state index >= 15 is 0 Å². The van der Waals surface area contributed by atoms with Crippen LogP contribution in [0, 0.1) is 6.92 Å². The molecule has 16 heavy (non-hydrogen) atoms. The molecule has 0 saturated heterocycles. The molecule has 0 N–H and O–H groups in total. The van der Waals surface area contributed by atoms with Crippen LogP contribution in [0.5, 0.6) is 5.75 Å². The summed E-state index contributed by atoms with van der Waals surface area (Å²) in [7, 11) is -3.32. The first-order valence-corrected chi connectivity index (χ1v) is 6.29. The molecule has 0 spiro atoms. The minimum Gasteiger partial charge on any atom is -0.488 e. The molecule has 1 aliphatic heterocycles. The largest absolute Gasteiger partial charge is 0.488 e. The second-order valence-electron chi connectivity index (χ2n) is 3.50. The van der Waals surface area contributed by atoms with Crippen LogP contribution in [0.1, 0.15) is 5.56 Å². The van der Waals surface area contributed by atoms with Gasteiger partial charge in [-0.2, -0.15) is 0 Å². The molecule has 2 rings (SSSR count). The van der Waals surface area contributed by atoms with Crippen LogP contribution in [0.4, 0.5) is 0 Å². The van der Waals surface area contributed by atoms with Gasteiger partial charge in [-0.05, 0) is 24.6 Å². The van der Waals surface area contributed by atoms with Gasteiger partial charge in [0.05, 0.1) is 0 Å². The SMILES string of the molecule is Cc1cccc(OCC2=CN=CS2(=O)=O)c1. The molecule has 84 valence electrons. The van der Waals surface area contributed by atoms with E-state index in [1.807, 2.05) is 25.1 Å². The quantitative estimate of drug-likeness (QED) is 0.803. The molecule has 0 aliphatic carbocycles. The van der Waals surface area contributed by atoms with E-state index in [0.717, 1.165) is 11.1 Å². The molecule has 0 atom stereocenters. The first kappa shape index (κ1) is 10.9. The van der Waals surface area contributed by atoms with Crippen LogP contribution < -0.4 is 4.74 Å². The number of rotatable bonds is 3. The van der Waals surface area contributed by atoms with Crippen molar-refractivity contribution in [2.75, 3.05) is 6.61 Å². The van der Waals surface area contributed by atoms with Crippen molar-refractivity contribution in [3.63, 3.8) is 0 Å². The summed E-state index contributed by atoms with van der Waals surface area (Å²) in [5.74, 6) is 0.656. The van der Waals surface area contributed by atoms with Gasteiger partial charge < -0.3 is 4.74 Å². The van der Waals surface area contributed by atoms with E-state index in [4.69, 9.17) is 4.74 Å². The summed E-state index contributed by atoms with van der Waals surface area (Å²) in [4.78, 5) is 3.78. The lowest BCUT2D eigenvalue weighted by Crippen LogP contribution is -2.09. The molecule has 1 aromatic rings. The first-order chi connectivity index (χ1) is 7.58. The van der Waals surface area contributed by atoms with Gasteiger partial charge in [-0.1, -0.05) is 12.1 Å². The Labute approximate surface area is 94.2 Å². The molecule has 0 aromatic heterocycles. The van der Waals surface area contributed by atoms with E-state index in [9.17, 15) is 8.42 Å². The average molecular weight is 237 g/mol. The smallest absolute Gasteiger partial charge is 0.217 e. The van der Waals surface area contributed by atoms with Gasteiger partial charge in [0.15, 0.2) is 0 Å². The predicted molar refractivity (Wildman–Crippen MR) is 62.2 cm³/mol. The molecule has 1 heterocycles. The number of hydrogen-bond donors (Lipinski definition) is 0. The number of ether oxygens (including phenoxy) is 1. The normalized spacial score (nSPS) is 17.2. The van der Waals surface area contributed by atoms with Crippen LogP contribution in [-0.4, -0.2) is 20.6 Å². The third-order valence-corrected chi connectivity index (χ3v) is 3.51. The minimum atomic E-state index is -3.32. The highest BCUT2D eigenvalue weighted by Crippen LogP contribution is 2.16. The summed E-state index contributed by atoms with van der Waals surface area (Å²) in [6.45, 7) is 1.97. The Morgan fingerprint density at radius 2 is 2.19 bits per heavy atom.